The van der Waals surface area contributed by atoms with Crippen molar-refractivity contribution in [3.05, 3.63) is 62.5 Å². The van der Waals surface area contributed by atoms with Crippen LogP contribution in [0.3, 0.4) is 0 Å². The van der Waals surface area contributed by atoms with Gasteiger partial charge in [-0.25, -0.2) is 9.59 Å². The van der Waals surface area contributed by atoms with Gasteiger partial charge in [-0.2, -0.15) is 0 Å². The molecule has 2 aromatic rings. The van der Waals surface area contributed by atoms with Crippen LogP contribution < -0.4 is 5.32 Å². The number of anilines is 1. The molecule has 12 heteroatoms. The summed E-state index contributed by atoms with van der Waals surface area (Å²) in [6, 6.07) is 14.1. The average molecular weight is 747 g/mol. The summed E-state index contributed by atoms with van der Waals surface area (Å²) in [7, 11) is 2.17. The Kier molecular flexibility index (Phi) is 10.3. The molecule has 0 spiro atoms. The lowest BCUT2D eigenvalue weighted by Crippen LogP contribution is -2.55. The van der Waals surface area contributed by atoms with Gasteiger partial charge in [0.2, 0.25) is 0 Å². The van der Waals surface area contributed by atoms with E-state index in [-0.39, 0.29) is 18.0 Å². The van der Waals surface area contributed by atoms with Crippen molar-refractivity contribution in [2.24, 2.45) is 0 Å². The number of nitrogens with one attached hydrogen (secondary N) is 1. The highest BCUT2D eigenvalue weighted by molar-refractivity contribution is 9.13. The fourth-order valence-corrected chi connectivity index (χ4v) is 7.65. The minimum atomic E-state index is -0.909. The first-order valence-electron chi connectivity index (χ1n) is 16.0. The fourth-order valence-electron chi connectivity index (χ4n) is 6.98. The molecule has 4 aliphatic heterocycles. The van der Waals surface area contributed by atoms with E-state index < -0.39 is 12.2 Å². The van der Waals surface area contributed by atoms with Crippen molar-refractivity contribution < 1.29 is 19.1 Å². The predicted molar refractivity (Wildman–Crippen MR) is 180 cm³/mol. The highest BCUT2D eigenvalue weighted by Gasteiger charge is 2.37. The molecule has 0 bridgehead atoms. The molecule has 1 unspecified atom stereocenters. The maximum absolute atomic E-state index is 13.9. The molecule has 2 aromatic carbocycles. The molecular weight excluding hydrogens is 704 g/mol. The molecule has 45 heavy (non-hydrogen) atoms. The van der Waals surface area contributed by atoms with Gasteiger partial charge in [-0.15, -0.1) is 0 Å². The zero-order valence-electron chi connectivity index (χ0n) is 25.8. The SMILES string of the molecule is CN1CCN(C2CCN(C(=O)C(Cc3ccc(Br)c(Br)c3)OC(=O)N3CCC(N4Cc5ccccc5NC4=O)CC3)CC2)CC1. The van der Waals surface area contributed by atoms with Crippen LogP contribution in [0.25, 0.3) is 0 Å². The second kappa shape index (κ2) is 14.4. The smallest absolute Gasteiger partial charge is 0.410 e. The molecule has 3 fully saturated rings. The van der Waals surface area contributed by atoms with Crippen LogP contribution in [-0.2, 0) is 22.5 Å². The molecule has 4 heterocycles. The largest absolute Gasteiger partial charge is 0.436 e. The summed E-state index contributed by atoms with van der Waals surface area (Å²) in [6.45, 7) is 7.13. The zero-order chi connectivity index (χ0) is 31.5. The Bertz CT molecular complexity index is 1390. The van der Waals surface area contributed by atoms with Crippen LogP contribution in [0.4, 0.5) is 15.3 Å². The van der Waals surface area contributed by atoms with Crippen LogP contribution in [0.15, 0.2) is 51.4 Å². The number of piperidine rings is 2. The van der Waals surface area contributed by atoms with Gasteiger partial charge >= 0.3 is 12.1 Å². The molecule has 4 amide bonds. The van der Waals surface area contributed by atoms with Gasteiger partial charge < -0.3 is 29.7 Å². The Morgan fingerprint density at radius 3 is 2.24 bits per heavy atom. The molecular formula is C33H42Br2N6O4. The Balaban J connectivity index is 1.07. The number of fused-ring (bicyclic) bond motifs is 1. The van der Waals surface area contributed by atoms with Crippen molar-refractivity contribution in [1.29, 1.82) is 0 Å². The van der Waals surface area contributed by atoms with Crippen molar-refractivity contribution in [3.8, 4) is 0 Å². The monoisotopic (exact) mass is 744 g/mol. The zero-order valence-corrected chi connectivity index (χ0v) is 29.0. The molecule has 6 rings (SSSR count). The van der Waals surface area contributed by atoms with Gasteiger partial charge in [-0.1, -0.05) is 24.3 Å². The number of para-hydroxylation sites is 1. The van der Waals surface area contributed by atoms with Gasteiger partial charge in [0.15, 0.2) is 6.10 Å². The van der Waals surface area contributed by atoms with Crippen molar-refractivity contribution in [2.45, 2.75) is 56.8 Å². The van der Waals surface area contributed by atoms with E-state index in [9.17, 15) is 14.4 Å². The van der Waals surface area contributed by atoms with E-state index in [0.717, 1.165) is 64.8 Å². The van der Waals surface area contributed by atoms with Crippen molar-refractivity contribution in [2.75, 3.05) is 64.7 Å². The van der Waals surface area contributed by atoms with E-state index in [1.807, 2.05) is 52.3 Å². The molecule has 0 radical (unpaired) electrons. The quantitative estimate of drug-likeness (QED) is 0.448. The summed E-state index contributed by atoms with van der Waals surface area (Å²) in [4.78, 5) is 50.7. The molecule has 0 aromatic heterocycles. The first-order chi connectivity index (χ1) is 21.7. The third-order valence-electron chi connectivity index (χ3n) is 9.78. The van der Waals surface area contributed by atoms with Crippen LogP contribution in [0.5, 0.6) is 0 Å². The number of hydrogen-bond acceptors (Lipinski definition) is 6. The number of likely N-dealkylation sites (N-methyl/N-ethyl adjacent to an activating group) is 1. The highest BCUT2D eigenvalue weighted by atomic mass is 79.9. The second-order valence-corrected chi connectivity index (χ2v) is 14.4. The fraction of sp³-hybridized carbons (Fsp3) is 0.545. The maximum Gasteiger partial charge on any atom is 0.410 e. The molecule has 3 saturated heterocycles. The summed E-state index contributed by atoms with van der Waals surface area (Å²) >= 11 is 7.08. The highest BCUT2D eigenvalue weighted by Crippen LogP contribution is 2.29. The third kappa shape index (κ3) is 7.66. The van der Waals surface area contributed by atoms with Gasteiger partial charge in [0, 0.05) is 92.0 Å². The minimum absolute atomic E-state index is 0.0292. The van der Waals surface area contributed by atoms with E-state index >= 15 is 0 Å². The summed E-state index contributed by atoms with van der Waals surface area (Å²) < 4.78 is 7.85. The lowest BCUT2D eigenvalue weighted by atomic mass is 10.0. The summed E-state index contributed by atoms with van der Waals surface area (Å²) in [5.74, 6) is -0.127. The molecule has 0 aliphatic carbocycles. The number of carbonyl (C=O) groups excluding carboxylic acids is 3. The first-order valence-corrected chi connectivity index (χ1v) is 17.6. The van der Waals surface area contributed by atoms with E-state index in [2.05, 4.69) is 54.0 Å². The molecule has 1 atom stereocenters. The van der Waals surface area contributed by atoms with Crippen LogP contribution in [-0.4, -0.2) is 120 Å². The first kappa shape index (κ1) is 32.3. The third-order valence-corrected chi connectivity index (χ3v) is 11.7. The predicted octanol–water partition coefficient (Wildman–Crippen LogP) is 5.01. The van der Waals surface area contributed by atoms with Crippen LogP contribution >= 0.6 is 31.9 Å². The van der Waals surface area contributed by atoms with Crippen LogP contribution in [0, 0.1) is 0 Å². The summed E-state index contributed by atoms with van der Waals surface area (Å²) in [5, 5.41) is 2.99. The normalized spacial score (nSPS) is 21.3. The Morgan fingerprint density at radius 2 is 1.53 bits per heavy atom. The summed E-state index contributed by atoms with van der Waals surface area (Å²) in [5.41, 5.74) is 2.86. The average Bonchev–Trinajstić information content (AvgIpc) is 3.06. The van der Waals surface area contributed by atoms with Gasteiger partial charge in [0.25, 0.3) is 5.91 Å². The van der Waals surface area contributed by atoms with Crippen LogP contribution in [0.2, 0.25) is 0 Å². The number of carbonyl (C=O) groups is 3. The number of benzene rings is 2. The molecule has 1 N–H and O–H groups in total. The second-order valence-electron chi connectivity index (χ2n) is 12.7. The lowest BCUT2D eigenvalue weighted by Gasteiger charge is -2.42. The van der Waals surface area contributed by atoms with Crippen molar-refractivity contribution in [3.63, 3.8) is 0 Å². The van der Waals surface area contributed by atoms with Crippen molar-refractivity contribution >= 4 is 55.6 Å². The van der Waals surface area contributed by atoms with Gasteiger partial charge in [-0.05, 0) is 93.9 Å². The lowest BCUT2D eigenvalue weighted by molar-refractivity contribution is -0.142. The Labute approximate surface area is 282 Å². The van der Waals surface area contributed by atoms with E-state index in [4.69, 9.17) is 4.74 Å². The Morgan fingerprint density at radius 1 is 0.867 bits per heavy atom. The van der Waals surface area contributed by atoms with Gasteiger partial charge in [-0.3, -0.25) is 9.69 Å². The number of ether oxygens (including phenoxy) is 1. The number of rotatable bonds is 6. The standard InChI is InChI=1S/C33H42Br2N6O4/c1-37-16-18-38(19-17-37)25-8-12-39(13-9-25)31(42)30(21-23-6-7-27(34)28(35)20-23)45-33(44)40-14-10-26(11-15-40)41-22-24-4-2-3-5-29(24)36-32(41)43/h2-7,20,25-26,30H,8-19,21-22H2,1H3,(H,36,43). The van der Waals surface area contributed by atoms with E-state index in [1.54, 1.807) is 4.90 Å². The summed E-state index contributed by atoms with van der Waals surface area (Å²) in [6.07, 6.45) is 2.10. The number of piperazine rings is 1. The number of hydrogen-bond donors (Lipinski definition) is 1. The molecule has 10 nitrogen and oxygen atoms in total. The van der Waals surface area contributed by atoms with E-state index in [1.165, 1.54) is 0 Å². The van der Waals surface area contributed by atoms with Crippen LogP contribution in [0.1, 0.15) is 36.8 Å². The number of halogens is 2. The Hall–Kier alpha value is -2.67. The van der Waals surface area contributed by atoms with Gasteiger partial charge in [0.1, 0.15) is 0 Å². The maximum atomic E-state index is 13.9. The molecule has 0 saturated carbocycles. The van der Waals surface area contributed by atoms with Crippen molar-refractivity contribution in [1.82, 2.24) is 24.5 Å². The number of nitrogens with zero attached hydrogens (tertiary/aromatic N) is 5. The minimum Gasteiger partial charge on any atom is -0.436 e. The molecule has 4 aliphatic rings. The number of likely N-dealkylation sites (tertiary alicyclic amines) is 2. The molecule has 242 valence electrons. The van der Waals surface area contributed by atoms with E-state index in [0.29, 0.717) is 58.0 Å². The number of amides is 4. The topological polar surface area (TPSA) is 88.7 Å². The number of urea groups is 1. The van der Waals surface area contributed by atoms with Gasteiger partial charge in [0.05, 0.1) is 0 Å².